The van der Waals surface area contributed by atoms with Crippen LogP contribution in [0.2, 0.25) is 0 Å². The summed E-state index contributed by atoms with van der Waals surface area (Å²) in [5.41, 5.74) is 0. The van der Waals surface area contributed by atoms with Crippen molar-refractivity contribution >= 4 is 11.8 Å². The van der Waals surface area contributed by atoms with Crippen LogP contribution in [-0.2, 0) is 7.05 Å². The maximum absolute atomic E-state index is 12.4. The zero-order chi connectivity index (χ0) is 15.6. The lowest BCUT2D eigenvalue weighted by atomic mass is 10.2. The second kappa shape index (κ2) is 5.92. The molecule has 6 nitrogen and oxygen atoms in total. The number of nitrogens with one attached hydrogen (secondary N) is 1. The van der Waals surface area contributed by atoms with Crippen molar-refractivity contribution in [3.8, 4) is 0 Å². The molecule has 1 atom stereocenters. The van der Waals surface area contributed by atoms with Crippen LogP contribution in [0.25, 0.3) is 0 Å². The van der Waals surface area contributed by atoms with Crippen molar-refractivity contribution in [2.24, 2.45) is 7.05 Å². The van der Waals surface area contributed by atoms with Crippen molar-refractivity contribution in [3.05, 3.63) is 12.3 Å². The van der Waals surface area contributed by atoms with Gasteiger partial charge < -0.3 is 4.90 Å². The number of aryl methyl sites for hydroxylation is 1. The van der Waals surface area contributed by atoms with E-state index < -0.39 is 12.7 Å². The number of halogens is 3. The number of carbonyl (C=O) groups excluding carboxylic acids is 1. The Balaban J connectivity index is 1.88. The third-order valence-corrected chi connectivity index (χ3v) is 3.38. The van der Waals surface area contributed by atoms with Gasteiger partial charge in [0.1, 0.15) is 0 Å². The molecule has 1 N–H and O–H groups in total. The number of rotatable bonds is 2. The molecule has 1 aliphatic rings. The number of nitrogens with zero attached hydrogens (tertiary/aromatic N) is 4. The summed E-state index contributed by atoms with van der Waals surface area (Å²) < 4.78 is 38.8. The van der Waals surface area contributed by atoms with Gasteiger partial charge in [-0.3, -0.25) is 14.9 Å². The highest BCUT2D eigenvalue weighted by Gasteiger charge is 2.35. The summed E-state index contributed by atoms with van der Waals surface area (Å²) in [5, 5.41) is 6.66. The molecule has 0 aliphatic carbocycles. The van der Waals surface area contributed by atoms with E-state index in [-0.39, 0.29) is 31.7 Å². The van der Waals surface area contributed by atoms with Crippen LogP contribution in [0.3, 0.4) is 0 Å². The second-order valence-electron chi connectivity index (χ2n) is 5.19. The third-order valence-electron chi connectivity index (χ3n) is 3.38. The Morgan fingerprint density at radius 3 is 2.71 bits per heavy atom. The number of aromatic nitrogens is 2. The topological polar surface area (TPSA) is 53.4 Å². The lowest BCUT2D eigenvalue weighted by Crippen LogP contribution is -2.56. The van der Waals surface area contributed by atoms with Crippen molar-refractivity contribution < 1.29 is 18.0 Å². The Hall–Kier alpha value is -1.77. The van der Waals surface area contributed by atoms with Gasteiger partial charge in [0.25, 0.3) is 0 Å². The standard InChI is InChI=1S/C12H18F3N5O/c1-9-7-19(5-6-20(9)8-12(13,14)15)11(21)16-10-3-4-18(2)17-10/h3-4,9H,5-8H2,1-2H3,(H,16,17,21)/t9-/m0/s1. The number of piperazine rings is 1. The highest BCUT2D eigenvalue weighted by molar-refractivity contribution is 5.88. The number of carbonyl (C=O) groups is 1. The molecule has 0 radical (unpaired) electrons. The molecule has 21 heavy (non-hydrogen) atoms. The number of alkyl halides is 3. The summed E-state index contributed by atoms with van der Waals surface area (Å²) in [5.74, 6) is 0.424. The lowest BCUT2D eigenvalue weighted by molar-refractivity contribution is -0.153. The maximum atomic E-state index is 12.4. The number of hydrogen-bond acceptors (Lipinski definition) is 3. The predicted octanol–water partition coefficient (Wildman–Crippen LogP) is 1.52. The number of urea groups is 1. The Labute approximate surface area is 120 Å². The Morgan fingerprint density at radius 2 is 2.19 bits per heavy atom. The smallest absolute Gasteiger partial charge is 0.322 e. The van der Waals surface area contributed by atoms with E-state index in [0.717, 1.165) is 0 Å². The normalized spacial score (nSPS) is 20.6. The second-order valence-corrected chi connectivity index (χ2v) is 5.19. The fourth-order valence-corrected chi connectivity index (χ4v) is 2.32. The van der Waals surface area contributed by atoms with Crippen molar-refractivity contribution in [3.63, 3.8) is 0 Å². The van der Waals surface area contributed by atoms with Gasteiger partial charge in [0, 0.05) is 45.0 Å². The average Bonchev–Trinajstić information content (AvgIpc) is 2.75. The van der Waals surface area contributed by atoms with Crippen LogP contribution in [0.4, 0.5) is 23.8 Å². The molecule has 1 aromatic rings. The maximum Gasteiger partial charge on any atom is 0.401 e. The van der Waals surface area contributed by atoms with E-state index in [1.807, 2.05) is 0 Å². The number of amides is 2. The van der Waals surface area contributed by atoms with Gasteiger partial charge in [-0.2, -0.15) is 18.3 Å². The van der Waals surface area contributed by atoms with Gasteiger partial charge >= 0.3 is 12.2 Å². The van der Waals surface area contributed by atoms with Gasteiger partial charge in [-0.25, -0.2) is 4.79 Å². The fraction of sp³-hybridized carbons (Fsp3) is 0.667. The molecule has 0 spiro atoms. The van der Waals surface area contributed by atoms with Gasteiger partial charge in [-0.15, -0.1) is 0 Å². The first kappa shape index (κ1) is 15.6. The Morgan fingerprint density at radius 1 is 1.48 bits per heavy atom. The van der Waals surface area contributed by atoms with E-state index in [4.69, 9.17) is 0 Å². The summed E-state index contributed by atoms with van der Waals surface area (Å²) in [6, 6.07) is 0.975. The molecule has 2 amide bonds. The molecule has 0 unspecified atom stereocenters. The summed E-state index contributed by atoms with van der Waals surface area (Å²) in [4.78, 5) is 14.9. The van der Waals surface area contributed by atoms with E-state index in [9.17, 15) is 18.0 Å². The first-order valence-corrected chi connectivity index (χ1v) is 6.61. The molecule has 2 heterocycles. The molecule has 2 rings (SSSR count). The van der Waals surface area contributed by atoms with Crippen LogP contribution in [-0.4, -0.2) is 64.0 Å². The number of hydrogen-bond donors (Lipinski definition) is 1. The largest absolute Gasteiger partial charge is 0.401 e. The zero-order valence-electron chi connectivity index (χ0n) is 11.9. The molecule has 1 fully saturated rings. The van der Waals surface area contributed by atoms with Gasteiger partial charge in [0.05, 0.1) is 6.54 Å². The van der Waals surface area contributed by atoms with Crippen LogP contribution in [0, 0.1) is 0 Å². The summed E-state index contributed by atoms with van der Waals surface area (Å²) in [6.45, 7) is 1.47. The zero-order valence-corrected chi connectivity index (χ0v) is 11.9. The van der Waals surface area contributed by atoms with Crippen LogP contribution >= 0.6 is 0 Å². The first-order valence-electron chi connectivity index (χ1n) is 6.61. The molecular formula is C12H18F3N5O. The molecule has 1 saturated heterocycles. The van der Waals surface area contributed by atoms with Gasteiger partial charge in [-0.05, 0) is 6.92 Å². The third kappa shape index (κ3) is 4.35. The summed E-state index contributed by atoms with van der Waals surface area (Å²) >= 11 is 0. The lowest BCUT2D eigenvalue weighted by Gasteiger charge is -2.39. The van der Waals surface area contributed by atoms with Crippen molar-refractivity contribution in [1.29, 1.82) is 0 Å². The highest BCUT2D eigenvalue weighted by Crippen LogP contribution is 2.20. The van der Waals surface area contributed by atoms with E-state index >= 15 is 0 Å². The molecule has 118 valence electrons. The van der Waals surface area contributed by atoms with Gasteiger partial charge in [-0.1, -0.05) is 0 Å². The van der Waals surface area contributed by atoms with Crippen LogP contribution in [0.1, 0.15) is 6.92 Å². The minimum atomic E-state index is -4.22. The predicted molar refractivity (Wildman–Crippen MR) is 70.9 cm³/mol. The fourth-order valence-electron chi connectivity index (χ4n) is 2.32. The summed E-state index contributed by atoms with van der Waals surface area (Å²) in [6.07, 6.45) is -2.52. The molecule has 0 aromatic carbocycles. The summed E-state index contributed by atoms with van der Waals surface area (Å²) in [7, 11) is 1.73. The highest BCUT2D eigenvalue weighted by atomic mass is 19.4. The van der Waals surface area contributed by atoms with Crippen LogP contribution < -0.4 is 5.32 Å². The number of anilines is 1. The Kier molecular flexibility index (Phi) is 4.40. The van der Waals surface area contributed by atoms with Gasteiger partial charge in [0.2, 0.25) is 0 Å². The molecule has 9 heteroatoms. The van der Waals surface area contributed by atoms with Gasteiger partial charge in [0.15, 0.2) is 5.82 Å². The van der Waals surface area contributed by atoms with Crippen molar-refractivity contribution in [2.45, 2.75) is 19.1 Å². The molecule has 1 aliphatic heterocycles. The minimum absolute atomic E-state index is 0.205. The SMILES string of the molecule is C[C@H]1CN(C(=O)Nc2ccn(C)n2)CCN1CC(F)(F)F. The molecule has 0 bridgehead atoms. The first-order chi connectivity index (χ1) is 9.74. The average molecular weight is 305 g/mol. The van der Waals surface area contributed by atoms with E-state index in [2.05, 4.69) is 10.4 Å². The van der Waals surface area contributed by atoms with Crippen molar-refractivity contribution in [2.75, 3.05) is 31.5 Å². The molecule has 0 saturated carbocycles. The Bertz CT molecular complexity index is 501. The minimum Gasteiger partial charge on any atom is -0.322 e. The quantitative estimate of drug-likeness (QED) is 0.901. The monoisotopic (exact) mass is 305 g/mol. The van der Waals surface area contributed by atoms with Crippen molar-refractivity contribution in [1.82, 2.24) is 19.6 Å². The van der Waals surface area contributed by atoms with E-state index in [1.54, 1.807) is 30.9 Å². The van der Waals surface area contributed by atoms with Crippen LogP contribution in [0.15, 0.2) is 12.3 Å². The van der Waals surface area contributed by atoms with Crippen LogP contribution in [0.5, 0.6) is 0 Å². The van der Waals surface area contributed by atoms with E-state index in [0.29, 0.717) is 5.82 Å². The molecule has 1 aromatic heterocycles. The van der Waals surface area contributed by atoms with E-state index in [1.165, 1.54) is 9.80 Å². The molecular weight excluding hydrogens is 287 g/mol.